The number of rotatable bonds is 44. The first-order valence-electron chi connectivity index (χ1n) is 24.0. The highest BCUT2D eigenvalue weighted by Crippen LogP contribution is 2.38. The first-order chi connectivity index (χ1) is 28.0. The van der Waals surface area contributed by atoms with Gasteiger partial charge in [0.1, 0.15) is 19.8 Å². The van der Waals surface area contributed by atoms with E-state index in [1.165, 1.54) is 141 Å². The van der Waals surface area contributed by atoms with Crippen LogP contribution in [0.3, 0.4) is 0 Å². The maximum atomic E-state index is 12.7. The van der Waals surface area contributed by atoms with Crippen molar-refractivity contribution < 1.29 is 42.1 Å². The molecule has 0 aliphatic heterocycles. The molecule has 0 radical (unpaired) electrons. The van der Waals surface area contributed by atoms with E-state index in [2.05, 4.69) is 38.2 Å². The first-order valence-corrected chi connectivity index (χ1v) is 25.5. The van der Waals surface area contributed by atoms with E-state index < -0.39 is 26.5 Å². The highest BCUT2D eigenvalue weighted by molar-refractivity contribution is 7.45. The molecule has 0 rings (SSSR count). The van der Waals surface area contributed by atoms with E-state index in [0.717, 1.165) is 44.9 Å². The van der Waals surface area contributed by atoms with Gasteiger partial charge >= 0.3 is 11.9 Å². The van der Waals surface area contributed by atoms with Crippen LogP contribution in [0.2, 0.25) is 0 Å². The molecule has 0 spiro atoms. The fraction of sp³-hybridized carbons (Fsp3) is 0.875. The lowest BCUT2D eigenvalue weighted by Gasteiger charge is -2.28. The molecule has 0 N–H and O–H groups in total. The van der Waals surface area contributed by atoms with E-state index >= 15 is 0 Å². The number of ether oxygens (including phenoxy) is 2. The molecule has 0 fully saturated rings. The summed E-state index contributed by atoms with van der Waals surface area (Å²) in [5, 5.41) is 0. The Labute approximate surface area is 358 Å². The minimum atomic E-state index is -4.63. The molecule has 2 atom stereocenters. The van der Waals surface area contributed by atoms with Crippen molar-refractivity contribution in [3.05, 3.63) is 24.3 Å². The van der Waals surface area contributed by atoms with Crippen LogP contribution in [0.25, 0.3) is 0 Å². The van der Waals surface area contributed by atoms with Crippen molar-refractivity contribution in [1.82, 2.24) is 0 Å². The number of carbonyl (C=O) groups excluding carboxylic acids is 2. The lowest BCUT2D eigenvalue weighted by molar-refractivity contribution is -0.870. The van der Waals surface area contributed by atoms with E-state index in [4.69, 9.17) is 18.5 Å². The number of allylic oxidation sites excluding steroid dienone is 4. The summed E-state index contributed by atoms with van der Waals surface area (Å²) in [5.41, 5.74) is 0. The van der Waals surface area contributed by atoms with Crippen molar-refractivity contribution in [3.8, 4) is 0 Å². The van der Waals surface area contributed by atoms with Crippen molar-refractivity contribution in [2.45, 2.75) is 225 Å². The van der Waals surface area contributed by atoms with Gasteiger partial charge in [-0.25, -0.2) is 0 Å². The molecule has 0 amide bonds. The molecule has 58 heavy (non-hydrogen) atoms. The zero-order valence-corrected chi connectivity index (χ0v) is 39.4. The van der Waals surface area contributed by atoms with Gasteiger partial charge in [0.15, 0.2) is 6.10 Å². The van der Waals surface area contributed by atoms with E-state index in [1.54, 1.807) is 0 Å². The summed E-state index contributed by atoms with van der Waals surface area (Å²) in [6.45, 7) is 4.23. The maximum Gasteiger partial charge on any atom is 0.306 e. The zero-order valence-electron chi connectivity index (χ0n) is 38.5. The summed E-state index contributed by atoms with van der Waals surface area (Å²) in [6, 6.07) is 0. The molecule has 0 heterocycles. The van der Waals surface area contributed by atoms with Crippen molar-refractivity contribution in [2.24, 2.45) is 0 Å². The number of nitrogens with zero attached hydrogens (tertiary/aromatic N) is 1. The summed E-state index contributed by atoms with van der Waals surface area (Å²) >= 11 is 0. The Bertz CT molecular complexity index is 1040. The summed E-state index contributed by atoms with van der Waals surface area (Å²) < 4.78 is 34.0. The molecule has 0 saturated carbocycles. The SMILES string of the molecule is CCCCCC/C=C/CCCCCCCCCC(=O)O[C@H](COC(=O)CCCCCCCCCCC/C=C/CCCCCCCC)COP(=O)([O-])OCC[N+](C)(C)C. The molecule has 342 valence electrons. The van der Waals surface area contributed by atoms with Crippen LogP contribution in [0.1, 0.15) is 219 Å². The molecule has 9 nitrogen and oxygen atoms in total. The molecule has 10 heteroatoms. The second-order valence-corrected chi connectivity index (χ2v) is 18.9. The summed E-state index contributed by atoms with van der Waals surface area (Å²) in [4.78, 5) is 37.6. The topological polar surface area (TPSA) is 111 Å². The predicted octanol–water partition coefficient (Wildman–Crippen LogP) is 13.3. The van der Waals surface area contributed by atoms with Gasteiger partial charge in [-0.15, -0.1) is 0 Å². The summed E-state index contributed by atoms with van der Waals surface area (Å²) in [5.74, 6) is -0.835. The molecule has 0 bridgehead atoms. The number of hydrogen-bond donors (Lipinski definition) is 0. The third kappa shape index (κ3) is 44.1. The Hall–Kier alpha value is -1.51. The standard InChI is InChI=1S/C48H92NO8P/c1-6-8-10-12-14-16-18-20-22-23-24-25-27-28-30-32-34-36-38-40-47(50)54-44-46(45-56-58(52,53)55-43-42-49(3,4)5)57-48(51)41-39-37-35-33-31-29-26-21-19-17-15-13-11-9-7-2/h17,19-20,22,46H,6-16,18,21,23-45H2,1-5H3/b19-17+,22-20+/t46-/m1/s1. The van der Waals surface area contributed by atoms with E-state index in [0.29, 0.717) is 17.4 Å². The Morgan fingerprint density at radius 2 is 0.879 bits per heavy atom. The van der Waals surface area contributed by atoms with Crippen LogP contribution < -0.4 is 4.89 Å². The number of hydrogen-bond acceptors (Lipinski definition) is 8. The Morgan fingerprint density at radius 1 is 0.517 bits per heavy atom. The lowest BCUT2D eigenvalue weighted by atomic mass is 10.1. The average molecular weight is 842 g/mol. The highest BCUT2D eigenvalue weighted by atomic mass is 31.2. The molecule has 0 saturated heterocycles. The molecule has 0 aromatic heterocycles. The molecule has 0 aromatic carbocycles. The largest absolute Gasteiger partial charge is 0.756 e. The van der Waals surface area contributed by atoms with E-state index in [9.17, 15) is 19.0 Å². The summed E-state index contributed by atoms with van der Waals surface area (Å²) in [6.07, 6.45) is 44.8. The monoisotopic (exact) mass is 842 g/mol. The number of likely N-dealkylation sites (N-methyl/N-ethyl adjacent to an activating group) is 1. The maximum absolute atomic E-state index is 12.7. The van der Waals surface area contributed by atoms with Crippen molar-refractivity contribution in [1.29, 1.82) is 0 Å². The van der Waals surface area contributed by atoms with E-state index in [-0.39, 0.29) is 32.0 Å². The van der Waals surface area contributed by atoms with Gasteiger partial charge in [-0.1, -0.05) is 167 Å². The van der Waals surface area contributed by atoms with Gasteiger partial charge in [-0.3, -0.25) is 14.2 Å². The van der Waals surface area contributed by atoms with E-state index in [1.807, 2.05) is 21.1 Å². The van der Waals surface area contributed by atoms with Gasteiger partial charge in [0, 0.05) is 12.8 Å². The highest BCUT2D eigenvalue weighted by Gasteiger charge is 2.21. The quantitative estimate of drug-likeness (QED) is 0.0196. The molecule has 1 unspecified atom stereocenters. The molecule has 0 aliphatic rings. The van der Waals surface area contributed by atoms with Crippen LogP contribution >= 0.6 is 7.82 Å². The number of quaternary nitrogens is 1. The molecule has 0 aliphatic carbocycles. The Morgan fingerprint density at radius 3 is 1.29 bits per heavy atom. The number of esters is 2. The Kier molecular flexibility index (Phi) is 39.8. The van der Waals surface area contributed by atoms with Crippen molar-refractivity contribution in [2.75, 3.05) is 47.5 Å². The second kappa shape index (κ2) is 40.9. The lowest BCUT2D eigenvalue weighted by Crippen LogP contribution is -2.37. The fourth-order valence-electron chi connectivity index (χ4n) is 6.64. The Balaban J connectivity index is 4.28. The smallest absolute Gasteiger partial charge is 0.306 e. The van der Waals surface area contributed by atoms with Crippen LogP contribution in [0.15, 0.2) is 24.3 Å². The number of carbonyl (C=O) groups is 2. The van der Waals surface area contributed by atoms with Crippen LogP contribution in [0, 0.1) is 0 Å². The van der Waals surface area contributed by atoms with Crippen LogP contribution in [0.5, 0.6) is 0 Å². The third-order valence-corrected chi connectivity index (χ3v) is 11.4. The number of unbranched alkanes of at least 4 members (excludes halogenated alkanes) is 26. The second-order valence-electron chi connectivity index (χ2n) is 17.5. The molecular formula is C48H92NO8P. The third-order valence-electron chi connectivity index (χ3n) is 10.4. The molecule has 0 aromatic rings. The zero-order chi connectivity index (χ0) is 42.8. The molecular weight excluding hydrogens is 750 g/mol. The average Bonchev–Trinajstić information content (AvgIpc) is 3.17. The van der Waals surface area contributed by atoms with Crippen LogP contribution in [-0.2, 0) is 32.7 Å². The number of phosphoric acid groups is 1. The predicted molar refractivity (Wildman–Crippen MR) is 241 cm³/mol. The van der Waals surface area contributed by atoms with Gasteiger partial charge in [0.05, 0.1) is 27.7 Å². The number of phosphoric ester groups is 1. The minimum Gasteiger partial charge on any atom is -0.756 e. The van der Waals surface area contributed by atoms with Crippen molar-refractivity contribution >= 4 is 19.8 Å². The minimum absolute atomic E-state index is 0.0305. The summed E-state index contributed by atoms with van der Waals surface area (Å²) in [7, 11) is 1.17. The fourth-order valence-corrected chi connectivity index (χ4v) is 7.37. The van der Waals surface area contributed by atoms with Gasteiger partial charge in [-0.2, -0.15) is 0 Å². The van der Waals surface area contributed by atoms with Crippen molar-refractivity contribution in [3.63, 3.8) is 0 Å². The normalized spacial score (nSPS) is 13.7. The van der Waals surface area contributed by atoms with Gasteiger partial charge in [0.25, 0.3) is 7.82 Å². The first kappa shape index (κ1) is 56.5. The van der Waals surface area contributed by atoms with Gasteiger partial charge in [-0.05, 0) is 64.2 Å². The van der Waals surface area contributed by atoms with Crippen LogP contribution in [0.4, 0.5) is 0 Å². The van der Waals surface area contributed by atoms with Crippen LogP contribution in [-0.4, -0.2) is 70.0 Å². The van der Waals surface area contributed by atoms with Gasteiger partial charge in [0.2, 0.25) is 0 Å². The van der Waals surface area contributed by atoms with Gasteiger partial charge < -0.3 is 27.9 Å².